The molecule has 0 radical (unpaired) electrons. The molecule has 0 bridgehead atoms. The molecule has 27 heavy (non-hydrogen) atoms. The highest BCUT2D eigenvalue weighted by Gasteiger charge is 2.21. The van der Waals surface area contributed by atoms with Gasteiger partial charge in [0.2, 0.25) is 0 Å². The van der Waals surface area contributed by atoms with Crippen molar-refractivity contribution >= 4 is 11.1 Å². The van der Waals surface area contributed by atoms with Crippen LogP contribution in [-0.2, 0) is 6.42 Å². The molecule has 0 unspecified atom stereocenters. The second-order valence-corrected chi connectivity index (χ2v) is 6.66. The van der Waals surface area contributed by atoms with Gasteiger partial charge in [0, 0.05) is 0 Å². The second kappa shape index (κ2) is 7.68. The maximum atomic E-state index is 9.89. The molecule has 0 spiro atoms. The topological polar surface area (TPSA) is 49.7 Å². The van der Waals surface area contributed by atoms with E-state index >= 15 is 0 Å². The first-order valence-electron chi connectivity index (χ1n) is 9.21. The molecule has 0 amide bonds. The van der Waals surface area contributed by atoms with Crippen LogP contribution >= 0.6 is 0 Å². The van der Waals surface area contributed by atoms with E-state index in [1.807, 2.05) is 30.3 Å². The average molecular weight is 358 g/mol. The summed E-state index contributed by atoms with van der Waals surface area (Å²) in [5, 5.41) is 18.8. The highest BCUT2D eigenvalue weighted by Crippen LogP contribution is 2.41. The van der Waals surface area contributed by atoms with Gasteiger partial charge in [-0.1, -0.05) is 48.5 Å². The van der Waals surface area contributed by atoms with E-state index in [0.29, 0.717) is 12.4 Å². The maximum Gasteiger partial charge on any atom is 0.119 e. The second-order valence-electron chi connectivity index (χ2n) is 6.66. The van der Waals surface area contributed by atoms with Crippen molar-refractivity contribution in [2.75, 3.05) is 13.2 Å². The van der Waals surface area contributed by atoms with Gasteiger partial charge in [-0.05, 0) is 70.5 Å². The molecule has 0 fully saturated rings. The number of fused-ring (bicyclic) bond motifs is 1. The summed E-state index contributed by atoms with van der Waals surface area (Å²) < 4.78 is 5.50. The number of benzene rings is 3. The molecule has 3 heteroatoms. The van der Waals surface area contributed by atoms with Crippen molar-refractivity contribution in [2.24, 2.45) is 0 Å². The fraction of sp³-hybridized carbons (Fsp3) is 0.167. The smallest absolute Gasteiger partial charge is 0.119 e. The van der Waals surface area contributed by atoms with Gasteiger partial charge in [0.05, 0.1) is 6.61 Å². The quantitative estimate of drug-likeness (QED) is 0.697. The number of aromatic hydroxyl groups is 1. The van der Waals surface area contributed by atoms with E-state index in [4.69, 9.17) is 9.84 Å². The lowest BCUT2D eigenvalue weighted by Gasteiger charge is -2.25. The van der Waals surface area contributed by atoms with Crippen LogP contribution in [0.5, 0.6) is 11.5 Å². The Morgan fingerprint density at radius 2 is 1.59 bits per heavy atom. The zero-order valence-electron chi connectivity index (χ0n) is 15.1. The summed E-state index contributed by atoms with van der Waals surface area (Å²) in [7, 11) is 0. The molecule has 3 aromatic rings. The fourth-order valence-corrected chi connectivity index (χ4v) is 3.72. The van der Waals surface area contributed by atoms with E-state index in [1.165, 1.54) is 27.8 Å². The molecular formula is C24H22O3. The first-order chi connectivity index (χ1) is 13.3. The number of phenolic OH excluding ortho intramolecular Hbond substituents is 1. The molecule has 4 rings (SSSR count). The zero-order chi connectivity index (χ0) is 18.6. The van der Waals surface area contributed by atoms with Crippen molar-refractivity contribution in [3.8, 4) is 11.5 Å². The van der Waals surface area contributed by atoms with E-state index in [0.717, 1.165) is 24.2 Å². The van der Waals surface area contributed by atoms with Crippen LogP contribution in [0.15, 0.2) is 72.8 Å². The third kappa shape index (κ3) is 3.60. The molecule has 1 aliphatic rings. The number of phenols is 1. The number of aryl methyl sites for hydroxylation is 1. The van der Waals surface area contributed by atoms with Crippen molar-refractivity contribution < 1.29 is 14.9 Å². The van der Waals surface area contributed by atoms with Crippen LogP contribution in [0, 0.1) is 0 Å². The van der Waals surface area contributed by atoms with Crippen molar-refractivity contribution in [3.05, 3.63) is 95.1 Å². The number of hydrogen-bond acceptors (Lipinski definition) is 3. The lowest BCUT2D eigenvalue weighted by molar-refractivity contribution is 0.201. The third-order valence-corrected chi connectivity index (χ3v) is 4.93. The number of ether oxygens (including phenoxy) is 1. The lowest BCUT2D eigenvalue weighted by atomic mass is 9.79. The molecule has 0 saturated heterocycles. The molecule has 3 nitrogen and oxygen atoms in total. The van der Waals surface area contributed by atoms with Gasteiger partial charge in [0.25, 0.3) is 0 Å². The predicted octanol–water partition coefficient (Wildman–Crippen LogP) is 4.67. The standard InChI is InChI=1S/C24H22O3/c25-14-15-27-21-10-6-18(7-11-21)24-22(17-4-2-1-3-5-17)12-8-19-16-20(26)9-13-23(19)24/h1-7,9-11,13,16,25-26H,8,12,14-15H2. The van der Waals surface area contributed by atoms with Crippen LogP contribution in [0.3, 0.4) is 0 Å². The SMILES string of the molecule is OCCOc1ccc(C2=C(c3ccccc3)CCc3cc(O)ccc32)cc1. The van der Waals surface area contributed by atoms with Gasteiger partial charge < -0.3 is 14.9 Å². The van der Waals surface area contributed by atoms with Crippen molar-refractivity contribution in [3.63, 3.8) is 0 Å². The van der Waals surface area contributed by atoms with Crippen molar-refractivity contribution in [1.29, 1.82) is 0 Å². The Kier molecular flexibility index (Phi) is 4.95. The molecule has 3 aromatic carbocycles. The normalized spacial score (nSPS) is 13.4. The van der Waals surface area contributed by atoms with Gasteiger partial charge in [-0.3, -0.25) is 0 Å². The molecular weight excluding hydrogens is 336 g/mol. The summed E-state index contributed by atoms with van der Waals surface area (Å²) in [5.41, 5.74) is 7.21. The minimum absolute atomic E-state index is 0.00191. The number of hydrogen-bond donors (Lipinski definition) is 2. The van der Waals surface area contributed by atoms with E-state index in [-0.39, 0.29) is 6.61 Å². The Labute approximate surface area is 159 Å². The Balaban J connectivity index is 1.84. The fourth-order valence-electron chi connectivity index (χ4n) is 3.72. The highest BCUT2D eigenvalue weighted by atomic mass is 16.5. The van der Waals surface area contributed by atoms with Gasteiger partial charge in [-0.25, -0.2) is 0 Å². The van der Waals surface area contributed by atoms with Gasteiger partial charge in [0.15, 0.2) is 0 Å². The van der Waals surface area contributed by atoms with Gasteiger partial charge in [0.1, 0.15) is 18.1 Å². The number of aliphatic hydroxyl groups excluding tert-OH is 1. The molecule has 136 valence electrons. The average Bonchev–Trinajstić information content (AvgIpc) is 2.72. The first kappa shape index (κ1) is 17.4. The summed E-state index contributed by atoms with van der Waals surface area (Å²) in [4.78, 5) is 0. The number of aliphatic hydroxyl groups is 1. The Bertz CT molecular complexity index is 957. The summed E-state index contributed by atoms with van der Waals surface area (Å²) >= 11 is 0. The number of rotatable bonds is 5. The summed E-state index contributed by atoms with van der Waals surface area (Å²) in [6, 6.07) is 24.1. The highest BCUT2D eigenvalue weighted by molar-refractivity contribution is 6.00. The Hall–Kier alpha value is -3.04. The largest absolute Gasteiger partial charge is 0.508 e. The molecule has 2 N–H and O–H groups in total. The number of allylic oxidation sites excluding steroid dienone is 1. The van der Waals surface area contributed by atoms with Gasteiger partial charge >= 0.3 is 0 Å². The van der Waals surface area contributed by atoms with Crippen LogP contribution in [0.25, 0.3) is 11.1 Å². The van der Waals surface area contributed by atoms with Crippen LogP contribution in [-0.4, -0.2) is 23.4 Å². The van der Waals surface area contributed by atoms with Crippen molar-refractivity contribution in [2.45, 2.75) is 12.8 Å². The van der Waals surface area contributed by atoms with Crippen LogP contribution in [0.1, 0.15) is 28.7 Å². The lowest BCUT2D eigenvalue weighted by Crippen LogP contribution is -2.06. The third-order valence-electron chi connectivity index (χ3n) is 4.93. The van der Waals surface area contributed by atoms with Crippen LogP contribution in [0.4, 0.5) is 0 Å². The Morgan fingerprint density at radius 1 is 0.815 bits per heavy atom. The molecule has 0 saturated carbocycles. The summed E-state index contributed by atoms with van der Waals surface area (Å²) in [5.74, 6) is 1.06. The predicted molar refractivity (Wildman–Crippen MR) is 108 cm³/mol. The monoisotopic (exact) mass is 358 g/mol. The maximum absolute atomic E-state index is 9.89. The van der Waals surface area contributed by atoms with E-state index in [2.05, 4.69) is 36.4 Å². The molecule has 0 heterocycles. The summed E-state index contributed by atoms with van der Waals surface area (Å²) in [6.07, 6.45) is 1.84. The first-order valence-corrected chi connectivity index (χ1v) is 9.21. The molecule has 0 aliphatic heterocycles. The zero-order valence-corrected chi connectivity index (χ0v) is 15.1. The van der Waals surface area contributed by atoms with Crippen molar-refractivity contribution in [1.82, 2.24) is 0 Å². The van der Waals surface area contributed by atoms with E-state index < -0.39 is 0 Å². The Morgan fingerprint density at radius 3 is 2.33 bits per heavy atom. The van der Waals surface area contributed by atoms with Crippen LogP contribution < -0.4 is 4.74 Å². The molecule has 0 atom stereocenters. The molecule has 1 aliphatic carbocycles. The van der Waals surface area contributed by atoms with Gasteiger partial charge in [-0.15, -0.1) is 0 Å². The minimum atomic E-state index is 0.00191. The van der Waals surface area contributed by atoms with E-state index in [9.17, 15) is 5.11 Å². The van der Waals surface area contributed by atoms with E-state index in [1.54, 1.807) is 6.07 Å². The van der Waals surface area contributed by atoms with Gasteiger partial charge in [-0.2, -0.15) is 0 Å². The summed E-state index contributed by atoms with van der Waals surface area (Å²) in [6.45, 7) is 0.293. The van der Waals surface area contributed by atoms with Crippen LogP contribution in [0.2, 0.25) is 0 Å². The molecule has 0 aromatic heterocycles. The minimum Gasteiger partial charge on any atom is -0.508 e.